The van der Waals surface area contributed by atoms with Gasteiger partial charge in [-0.05, 0) is 25.1 Å². The number of aryl methyl sites for hydroxylation is 1. The number of hydrogen-bond acceptors (Lipinski definition) is 3. The summed E-state index contributed by atoms with van der Waals surface area (Å²) < 4.78 is 0. The van der Waals surface area contributed by atoms with Gasteiger partial charge in [-0.2, -0.15) is 0 Å². The van der Waals surface area contributed by atoms with Gasteiger partial charge in [-0.1, -0.05) is 25.1 Å². The number of para-hydroxylation sites is 1. The van der Waals surface area contributed by atoms with Gasteiger partial charge in [-0.15, -0.1) is 0 Å². The Morgan fingerprint density at radius 1 is 1.14 bits per heavy atom. The molecule has 21 heavy (non-hydrogen) atoms. The number of carbonyl (C=O) groups is 2. The molecule has 0 atom stereocenters. The number of benzene rings is 1. The molecule has 114 valence electrons. The van der Waals surface area contributed by atoms with E-state index < -0.39 is 0 Å². The van der Waals surface area contributed by atoms with E-state index in [1.54, 1.807) is 4.90 Å². The molecule has 0 radical (unpaired) electrons. The van der Waals surface area contributed by atoms with Crippen molar-refractivity contribution >= 4 is 17.5 Å². The minimum Gasteiger partial charge on any atom is -0.340 e. The van der Waals surface area contributed by atoms with E-state index in [0.29, 0.717) is 13.1 Å². The second kappa shape index (κ2) is 7.22. The zero-order valence-electron chi connectivity index (χ0n) is 12.8. The molecule has 5 nitrogen and oxygen atoms in total. The maximum absolute atomic E-state index is 12.1. The highest BCUT2D eigenvalue weighted by Crippen LogP contribution is 2.13. The van der Waals surface area contributed by atoms with E-state index in [2.05, 4.69) is 17.1 Å². The minimum absolute atomic E-state index is 0.0829. The zero-order chi connectivity index (χ0) is 15.2. The second-order valence-electron chi connectivity index (χ2n) is 5.35. The molecular weight excluding hydrogens is 266 g/mol. The summed E-state index contributed by atoms with van der Waals surface area (Å²) in [6, 6.07) is 7.57. The molecule has 0 spiro atoms. The highest BCUT2D eigenvalue weighted by Gasteiger charge is 2.22. The van der Waals surface area contributed by atoms with E-state index in [4.69, 9.17) is 0 Å². The lowest BCUT2D eigenvalue weighted by molar-refractivity contribution is -0.136. The van der Waals surface area contributed by atoms with E-state index >= 15 is 0 Å². The number of nitrogens with zero attached hydrogens (tertiary/aromatic N) is 2. The van der Waals surface area contributed by atoms with Crippen LogP contribution in [-0.2, 0) is 9.59 Å². The Morgan fingerprint density at radius 2 is 1.81 bits per heavy atom. The van der Waals surface area contributed by atoms with Crippen LogP contribution in [0.3, 0.4) is 0 Å². The predicted octanol–water partition coefficient (Wildman–Crippen LogP) is 1.49. The molecule has 1 heterocycles. The third-order valence-electron chi connectivity index (χ3n) is 3.90. The van der Waals surface area contributed by atoms with Crippen molar-refractivity contribution < 1.29 is 9.59 Å². The molecule has 1 aromatic carbocycles. The molecule has 0 aromatic heterocycles. The quantitative estimate of drug-likeness (QED) is 0.854. The first-order chi connectivity index (χ1) is 10.1. The summed E-state index contributed by atoms with van der Waals surface area (Å²) >= 11 is 0. The zero-order valence-corrected chi connectivity index (χ0v) is 12.8. The van der Waals surface area contributed by atoms with Gasteiger partial charge in [0.15, 0.2) is 0 Å². The molecule has 1 aliphatic rings. The summed E-state index contributed by atoms with van der Waals surface area (Å²) in [5.74, 6) is -0.330. The minimum atomic E-state index is -0.243. The molecule has 0 aliphatic carbocycles. The van der Waals surface area contributed by atoms with Gasteiger partial charge >= 0.3 is 0 Å². The number of carbonyl (C=O) groups excluding carboxylic acids is 2. The van der Waals surface area contributed by atoms with Crippen LogP contribution in [0.4, 0.5) is 5.69 Å². The summed E-state index contributed by atoms with van der Waals surface area (Å²) in [7, 11) is 0. The Bertz CT molecular complexity index is 508. The SMILES string of the molecule is CCN1CCN(C(=O)CC(=O)Nc2ccccc2C)CC1. The first-order valence-electron chi connectivity index (χ1n) is 7.45. The molecule has 1 N–H and O–H groups in total. The van der Waals surface area contributed by atoms with Crippen molar-refractivity contribution in [3.05, 3.63) is 29.8 Å². The van der Waals surface area contributed by atoms with Gasteiger partial charge in [0.2, 0.25) is 11.8 Å². The first kappa shape index (κ1) is 15.5. The molecule has 5 heteroatoms. The molecule has 2 amide bonds. The van der Waals surface area contributed by atoms with Crippen molar-refractivity contribution in [2.24, 2.45) is 0 Å². The number of rotatable bonds is 4. The molecule has 0 unspecified atom stereocenters. The van der Waals surface area contributed by atoms with Crippen molar-refractivity contribution in [1.29, 1.82) is 0 Å². The number of piperazine rings is 1. The number of anilines is 1. The fraction of sp³-hybridized carbons (Fsp3) is 0.500. The number of hydrogen-bond donors (Lipinski definition) is 1. The van der Waals surface area contributed by atoms with E-state index in [1.165, 1.54) is 0 Å². The first-order valence-corrected chi connectivity index (χ1v) is 7.45. The van der Waals surface area contributed by atoms with Crippen LogP contribution in [0.5, 0.6) is 0 Å². The topological polar surface area (TPSA) is 52.7 Å². The molecule has 1 fully saturated rings. The molecule has 1 saturated heterocycles. The van der Waals surface area contributed by atoms with Crippen molar-refractivity contribution in [3.63, 3.8) is 0 Å². The average Bonchev–Trinajstić information content (AvgIpc) is 2.49. The van der Waals surface area contributed by atoms with E-state index in [9.17, 15) is 9.59 Å². The van der Waals surface area contributed by atoms with E-state index in [0.717, 1.165) is 30.9 Å². The monoisotopic (exact) mass is 289 g/mol. The highest BCUT2D eigenvalue weighted by atomic mass is 16.2. The lowest BCUT2D eigenvalue weighted by atomic mass is 10.2. The van der Waals surface area contributed by atoms with Crippen molar-refractivity contribution in [3.8, 4) is 0 Å². The van der Waals surface area contributed by atoms with Crippen LogP contribution in [0.1, 0.15) is 18.9 Å². The molecular formula is C16H23N3O2. The van der Waals surface area contributed by atoms with Gasteiger partial charge < -0.3 is 15.1 Å². The standard InChI is InChI=1S/C16H23N3O2/c1-3-18-8-10-19(11-9-18)16(21)12-15(20)17-14-7-5-4-6-13(14)2/h4-7H,3,8-12H2,1-2H3,(H,17,20). The Kier molecular flexibility index (Phi) is 5.33. The summed E-state index contributed by atoms with van der Waals surface area (Å²) in [5, 5.41) is 2.80. The van der Waals surface area contributed by atoms with Gasteiger partial charge in [0, 0.05) is 31.9 Å². The van der Waals surface area contributed by atoms with Crippen LogP contribution in [0.2, 0.25) is 0 Å². The molecule has 1 aliphatic heterocycles. The molecule has 0 saturated carbocycles. The van der Waals surface area contributed by atoms with Gasteiger partial charge in [0.25, 0.3) is 0 Å². The van der Waals surface area contributed by atoms with Crippen LogP contribution in [0, 0.1) is 6.92 Å². The van der Waals surface area contributed by atoms with Crippen LogP contribution in [0.25, 0.3) is 0 Å². The Morgan fingerprint density at radius 3 is 2.43 bits per heavy atom. The van der Waals surface area contributed by atoms with Crippen molar-refractivity contribution in [1.82, 2.24) is 9.80 Å². The van der Waals surface area contributed by atoms with Crippen LogP contribution in [-0.4, -0.2) is 54.3 Å². The largest absolute Gasteiger partial charge is 0.340 e. The normalized spacial score (nSPS) is 15.8. The van der Waals surface area contributed by atoms with E-state index in [-0.39, 0.29) is 18.2 Å². The Hall–Kier alpha value is -1.88. The maximum atomic E-state index is 12.1. The number of nitrogens with one attached hydrogen (secondary N) is 1. The Balaban J connectivity index is 1.83. The summed E-state index contributed by atoms with van der Waals surface area (Å²) in [4.78, 5) is 28.2. The average molecular weight is 289 g/mol. The second-order valence-corrected chi connectivity index (χ2v) is 5.35. The fourth-order valence-corrected chi connectivity index (χ4v) is 2.47. The van der Waals surface area contributed by atoms with E-state index in [1.807, 2.05) is 31.2 Å². The third kappa shape index (κ3) is 4.29. The highest BCUT2D eigenvalue weighted by molar-refractivity contribution is 6.03. The number of amides is 2. The fourth-order valence-electron chi connectivity index (χ4n) is 2.47. The number of likely N-dealkylation sites (N-methyl/N-ethyl adjacent to an activating group) is 1. The van der Waals surface area contributed by atoms with Crippen molar-refractivity contribution in [2.75, 3.05) is 38.0 Å². The van der Waals surface area contributed by atoms with Crippen molar-refractivity contribution in [2.45, 2.75) is 20.3 Å². The van der Waals surface area contributed by atoms with Gasteiger partial charge in [-0.25, -0.2) is 0 Å². The maximum Gasteiger partial charge on any atom is 0.233 e. The Labute approximate surface area is 125 Å². The van der Waals surface area contributed by atoms with Crippen LogP contribution in [0.15, 0.2) is 24.3 Å². The van der Waals surface area contributed by atoms with Gasteiger partial charge in [0.05, 0.1) is 0 Å². The molecule has 1 aromatic rings. The third-order valence-corrected chi connectivity index (χ3v) is 3.90. The van der Waals surface area contributed by atoms with Gasteiger partial charge in [-0.3, -0.25) is 9.59 Å². The molecule has 0 bridgehead atoms. The smallest absolute Gasteiger partial charge is 0.233 e. The van der Waals surface area contributed by atoms with Gasteiger partial charge in [0.1, 0.15) is 6.42 Å². The molecule has 2 rings (SSSR count). The summed E-state index contributed by atoms with van der Waals surface area (Å²) in [5.41, 5.74) is 1.76. The predicted molar refractivity (Wildman–Crippen MR) is 83.1 cm³/mol. The summed E-state index contributed by atoms with van der Waals surface area (Å²) in [6.07, 6.45) is -0.0829. The van der Waals surface area contributed by atoms with Crippen LogP contribution < -0.4 is 5.32 Å². The van der Waals surface area contributed by atoms with Crippen LogP contribution >= 0.6 is 0 Å². The lowest BCUT2D eigenvalue weighted by Crippen LogP contribution is -2.49. The summed E-state index contributed by atoms with van der Waals surface area (Å²) in [6.45, 7) is 8.27. The lowest BCUT2D eigenvalue weighted by Gasteiger charge is -2.34.